The Morgan fingerprint density at radius 1 is 1.05 bits per heavy atom. The third-order valence-corrected chi connectivity index (χ3v) is 10.4. The molecule has 5 heterocycles. The van der Waals surface area contributed by atoms with Crippen molar-refractivity contribution < 1.29 is 18.7 Å². The molecule has 4 aliphatic rings. The predicted molar refractivity (Wildman–Crippen MR) is 167 cm³/mol. The lowest BCUT2D eigenvalue weighted by atomic mass is 9.60. The molecule has 0 amide bonds. The van der Waals surface area contributed by atoms with E-state index < -0.39 is 0 Å². The number of piperidine rings is 1. The maximum atomic E-state index is 14.1. The second-order valence-corrected chi connectivity index (χ2v) is 13.0. The summed E-state index contributed by atoms with van der Waals surface area (Å²) in [5, 5.41) is 0.360. The van der Waals surface area contributed by atoms with Crippen LogP contribution in [0, 0.1) is 11.2 Å². The summed E-state index contributed by atoms with van der Waals surface area (Å²) in [5.74, 6) is 1.56. The van der Waals surface area contributed by atoms with Gasteiger partial charge in [-0.05, 0) is 66.5 Å². The van der Waals surface area contributed by atoms with Crippen LogP contribution in [0.25, 0.3) is 11.0 Å². The molecular formula is C35H38FN5O3. The third kappa shape index (κ3) is 5.22. The van der Waals surface area contributed by atoms with Crippen LogP contribution >= 0.6 is 0 Å². The van der Waals surface area contributed by atoms with Crippen molar-refractivity contribution in [2.75, 3.05) is 50.8 Å². The van der Waals surface area contributed by atoms with Gasteiger partial charge < -0.3 is 19.4 Å². The van der Waals surface area contributed by atoms with Gasteiger partial charge in [0.05, 0.1) is 23.8 Å². The molecule has 2 saturated heterocycles. The summed E-state index contributed by atoms with van der Waals surface area (Å²) in [6, 6.07) is 14.8. The van der Waals surface area contributed by atoms with Crippen LogP contribution < -0.4 is 14.4 Å². The number of H-pyrrole nitrogens is 1. The van der Waals surface area contributed by atoms with Gasteiger partial charge in [0.1, 0.15) is 28.7 Å². The van der Waals surface area contributed by atoms with Crippen molar-refractivity contribution in [1.29, 1.82) is 0 Å². The van der Waals surface area contributed by atoms with Gasteiger partial charge in [-0.1, -0.05) is 12.1 Å². The number of ether oxygens (including phenoxy) is 2. The molecule has 4 aromatic rings. The number of nitrogens with zero attached hydrogens (tertiary/aromatic N) is 4. The average Bonchev–Trinajstić information content (AvgIpc) is 3.66. The smallest absolute Gasteiger partial charge is 0.153 e. The van der Waals surface area contributed by atoms with Crippen LogP contribution in [0.3, 0.4) is 0 Å². The van der Waals surface area contributed by atoms with Crippen LogP contribution in [0.5, 0.6) is 17.2 Å². The molecule has 1 N–H and O–H groups in total. The second kappa shape index (κ2) is 11.2. The SMILES string of the molecule is O=Cc1ccc(N2CCC3(CC2)CC(N2CCN(Cc4ccc5c(c4)OCC5)CC2)C3)cc1Oc1cnc2[nH]cc(F)c2c1. The number of anilines is 1. The largest absolute Gasteiger partial charge is 0.493 e. The first-order valence-corrected chi connectivity index (χ1v) is 15.9. The van der Waals surface area contributed by atoms with E-state index in [0.29, 0.717) is 39.6 Å². The Morgan fingerprint density at radius 2 is 1.89 bits per heavy atom. The molecule has 3 fully saturated rings. The van der Waals surface area contributed by atoms with Gasteiger partial charge in [0.25, 0.3) is 0 Å². The maximum absolute atomic E-state index is 14.1. The van der Waals surface area contributed by atoms with Crippen molar-refractivity contribution in [1.82, 2.24) is 19.8 Å². The van der Waals surface area contributed by atoms with Crippen molar-refractivity contribution in [2.45, 2.75) is 44.7 Å². The molecule has 8 nitrogen and oxygen atoms in total. The third-order valence-electron chi connectivity index (χ3n) is 10.4. The van der Waals surface area contributed by atoms with E-state index in [4.69, 9.17) is 9.47 Å². The Bertz CT molecular complexity index is 1680. The molecule has 0 radical (unpaired) electrons. The Kier molecular flexibility index (Phi) is 7.02. The number of hydrogen-bond acceptors (Lipinski definition) is 7. The Hall–Kier alpha value is -3.95. The van der Waals surface area contributed by atoms with E-state index >= 15 is 0 Å². The lowest BCUT2D eigenvalue weighted by Gasteiger charge is -2.56. The molecular weight excluding hydrogens is 557 g/mol. The zero-order valence-corrected chi connectivity index (χ0v) is 24.9. The van der Waals surface area contributed by atoms with Crippen LogP contribution in [-0.2, 0) is 13.0 Å². The van der Waals surface area contributed by atoms with Crippen LogP contribution in [-0.4, -0.2) is 78.0 Å². The molecule has 9 heteroatoms. The summed E-state index contributed by atoms with van der Waals surface area (Å²) in [6.07, 6.45) is 9.61. The molecule has 0 atom stereocenters. The zero-order valence-electron chi connectivity index (χ0n) is 24.9. The number of fused-ring (bicyclic) bond motifs is 2. The minimum absolute atomic E-state index is 0.360. The highest BCUT2D eigenvalue weighted by Gasteiger charge is 2.48. The van der Waals surface area contributed by atoms with Gasteiger partial charge in [0.15, 0.2) is 6.29 Å². The molecule has 2 aromatic heterocycles. The monoisotopic (exact) mass is 595 g/mol. The van der Waals surface area contributed by atoms with Crippen molar-refractivity contribution in [3.05, 3.63) is 77.4 Å². The Labute approximate surface area is 256 Å². The van der Waals surface area contributed by atoms with E-state index in [1.165, 1.54) is 43.0 Å². The van der Waals surface area contributed by atoms with Crippen molar-refractivity contribution >= 4 is 23.0 Å². The van der Waals surface area contributed by atoms with Gasteiger partial charge in [-0.3, -0.25) is 14.6 Å². The zero-order chi connectivity index (χ0) is 29.7. The van der Waals surface area contributed by atoms with E-state index in [0.717, 1.165) is 76.6 Å². The molecule has 2 aromatic carbocycles. The summed E-state index contributed by atoms with van der Waals surface area (Å²) in [4.78, 5) is 26.5. The predicted octanol–water partition coefficient (Wildman–Crippen LogP) is 5.81. The minimum atomic E-state index is -0.383. The quantitative estimate of drug-likeness (QED) is 0.271. The molecule has 0 bridgehead atoms. The number of pyridine rings is 1. The van der Waals surface area contributed by atoms with E-state index in [9.17, 15) is 9.18 Å². The summed E-state index contributed by atoms with van der Waals surface area (Å²) in [7, 11) is 0. The number of nitrogens with one attached hydrogen (secondary N) is 1. The number of benzene rings is 2. The molecule has 3 aliphatic heterocycles. The summed E-state index contributed by atoms with van der Waals surface area (Å²) >= 11 is 0. The number of halogens is 1. The fraction of sp³-hybridized carbons (Fsp3) is 0.429. The first-order chi connectivity index (χ1) is 21.5. The van der Waals surface area contributed by atoms with Gasteiger partial charge in [-0.15, -0.1) is 0 Å². The first-order valence-electron chi connectivity index (χ1n) is 15.9. The lowest BCUT2D eigenvalue weighted by Crippen LogP contribution is -2.59. The highest BCUT2D eigenvalue weighted by atomic mass is 19.1. The topological polar surface area (TPSA) is 73.9 Å². The van der Waals surface area contributed by atoms with Crippen LogP contribution in [0.15, 0.2) is 54.9 Å². The number of carbonyl (C=O) groups excluding carboxylic acids is 1. The number of hydrogen-bond donors (Lipinski definition) is 1. The van der Waals surface area contributed by atoms with Gasteiger partial charge >= 0.3 is 0 Å². The summed E-state index contributed by atoms with van der Waals surface area (Å²) in [5.41, 5.74) is 5.12. The van der Waals surface area contributed by atoms with Gasteiger partial charge in [0.2, 0.25) is 0 Å². The number of aromatic nitrogens is 2. The van der Waals surface area contributed by atoms with Gasteiger partial charge in [-0.2, -0.15) is 0 Å². The van der Waals surface area contributed by atoms with E-state index in [1.54, 1.807) is 12.3 Å². The van der Waals surface area contributed by atoms with Crippen LogP contribution in [0.4, 0.5) is 10.1 Å². The van der Waals surface area contributed by atoms with Crippen molar-refractivity contribution in [2.24, 2.45) is 5.41 Å². The van der Waals surface area contributed by atoms with Gasteiger partial charge in [-0.25, -0.2) is 9.37 Å². The fourth-order valence-corrected chi connectivity index (χ4v) is 7.74. The Morgan fingerprint density at radius 3 is 2.70 bits per heavy atom. The normalized spacial score (nSPS) is 20.4. The highest BCUT2D eigenvalue weighted by Crippen LogP contribution is 2.51. The number of piperazine rings is 1. The molecule has 228 valence electrons. The second-order valence-electron chi connectivity index (χ2n) is 13.0. The number of rotatable bonds is 7. The fourth-order valence-electron chi connectivity index (χ4n) is 7.74. The molecule has 8 rings (SSSR count). The van der Waals surface area contributed by atoms with Crippen molar-refractivity contribution in [3.8, 4) is 17.2 Å². The standard InChI is InChI=1S/C35H38FN5O3/c36-31-21-38-34-30(31)17-29(20-37-34)44-33-16-27(4-3-26(33)23-42)40-8-6-35(7-9-40)18-28(19-35)41-12-10-39(11-13-41)22-24-1-2-25-5-14-43-32(25)15-24/h1-4,15-17,20-21,23,28H,5-14,18-19,22H2,(H,37,38). The molecule has 44 heavy (non-hydrogen) atoms. The van der Waals surface area contributed by atoms with Gasteiger partial charge in [0, 0.05) is 76.2 Å². The van der Waals surface area contributed by atoms with E-state index in [-0.39, 0.29) is 5.82 Å². The number of carbonyl (C=O) groups is 1. The maximum Gasteiger partial charge on any atom is 0.153 e. The molecule has 1 aliphatic carbocycles. The van der Waals surface area contributed by atoms with Crippen LogP contribution in [0.2, 0.25) is 0 Å². The molecule has 1 saturated carbocycles. The summed E-state index contributed by atoms with van der Waals surface area (Å²) < 4.78 is 25.9. The van der Waals surface area contributed by atoms with Crippen LogP contribution in [0.1, 0.15) is 47.2 Å². The Balaban J connectivity index is 0.841. The lowest BCUT2D eigenvalue weighted by molar-refractivity contribution is -0.0355. The van der Waals surface area contributed by atoms with Crippen molar-refractivity contribution in [3.63, 3.8) is 0 Å². The molecule has 0 unspecified atom stereocenters. The average molecular weight is 596 g/mol. The van der Waals surface area contributed by atoms with E-state index in [2.05, 4.69) is 42.9 Å². The van der Waals surface area contributed by atoms with E-state index in [1.807, 2.05) is 18.2 Å². The minimum Gasteiger partial charge on any atom is -0.493 e. The highest BCUT2D eigenvalue weighted by molar-refractivity contribution is 5.82. The summed E-state index contributed by atoms with van der Waals surface area (Å²) in [6.45, 7) is 8.37. The number of aromatic amines is 1. The first kappa shape index (κ1) is 27.6. The molecule has 1 spiro atoms. The number of aldehydes is 1.